The minimum atomic E-state index is -4.25. The second-order valence-corrected chi connectivity index (χ2v) is 12.0. The average molecular weight is 592 g/mol. The number of hydrogen-bond donors (Lipinski definition) is 3. The third-order valence-electron chi connectivity index (χ3n) is 6.19. The molecule has 3 N–H and O–H groups in total. The van der Waals surface area contributed by atoms with Gasteiger partial charge in [0.25, 0.3) is 0 Å². The average Bonchev–Trinajstić information content (AvgIpc) is 2.84. The molecule has 2 rings (SSSR count). The minimum absolute atomic E-state index is 0.0826. The molecule has 0 radical (unpaired) electrons. The maximum atomic E-state index is 13.0. The van der Waals surface area contributed by atoms with E-state index in [4.69, 9.17) is 14.7 Å². The quantitative estimate of drug-likeness (QED) is 0.103. The summed E-state index contributed by atoms with van der Waals surface area (Å²) < 4.78 is 34.4. The Morgan fingerprint density at radius 1 is 1.21 bits per heavy atom. The van der Waals surface area contributed by atoms with Gasteiger partial charge in [-0.1, -0.05) is 18.2 Å². The maximum absolute atomic E-state index is 13.0. The molecule has 1 saturated heterocycles. The van der Waals surface area contributed by atoms with Gasteiger partial charge in [-0.15, -0.1) is 9.55 Å². The van der Waals surface area contributed by atoms with Crippen LogP contribution in [0.1, 0.15) is 32.6 Å². The number of quaternary nitrogens is 1. The highest BCUT2D eigenvalue weighted by molar-refractivity contribution is 7.99. The van der Waals surface area contributed by atoms with Crippen molar-refractivity contribution in [3.05, 3.63) is 35.2 Å². The molecule has 0 bridgehead atoms. The van der Waals surface area contributed by atoms with Crippen LogP contribution in [-0.2, 0) is 38.8 Å². The van der Waals surface area contributed by atoms with Gasteiger partial charge in [-0.3, -0.25) is 14.4 Å². The van der Waals surface area contributed by atoms with E-state index in [0.29, 0.717) is 11.9 Å². The number of carbonyl (C=O) groups is 4. The van der Waals surface area contributed by atoms with Gasteiger partial charge < -0.3 is 24.9 Å². The lowest BCUT2D eigenvalue weighted by Crippen LogP contribution is -2.63. The molecule has 1 heterocycles. The zero-order valence-electron chi connectivity index (χ0n) is 21.1. The summed E-state index contributed by atoms with van der Waals surface area (Å²) in [6.07, 6.45) is -2.73. The predicted octanol–water partition coefficient (Wildman–Crippen LogP) is -0.906. The first-order valence-corrected chi connectivity index (χ1v) is 13.8. The number of ether oxygens (including phenoxy) is 1. The number of carboxylic acid groups (broad SMARTS) is 2. The fourth-order valence-corrected chi connectivity index (χ4v) is 6.21. The Labute approximate surface area is 228 Å². The second-order valence-electron chi connectivity index (χ2n) is 9.12. The fraction of sp³-hybridized carbons (Fsp3) is 0.545. The van der Waals surface area contributed by atoms with Crippen LogP contribution < -0.4 is 9.83 Å². The number of benzene rings is 1. The number of aliphatic carboxylic acids is 2. The van der Waals surface area contributed by atoms with Crippen molar-refractivity contribution in [2.45, 2.75) is 53.9 Å². The Morgan fingerprint density at radius 3 is 2.28 bits per heavy atom. The maximum Gasteiger partial charge on any atom is 0.369 e. The lowest BCUT2D eigenvalue weighted by molar-refractivity contribution is -1.08. The Bertz CT molecular complexity index is 1190. The molecule has 1 aromatic carbocycles. The van der Waals surface area contributed by atoms with E-state index in [1.807, 2.05) is 0 Å². The summed E-state index contributed by atoms with van der Waals surface area (Å²) in [5.74, 6) is -6.04. The Balaban J connectivity index is 2.29. The molecule has 1 aromatic rings. The molecule has 216 valence electrons. The van der Waals surface area contributed by atoms with E-state index in [2.05, 4.69) is 9.30 Å². The zero-order chi connectivity index (χ0) is 29.5. The molecular formula is C22H29N3O12S2. The van der Waals surface area contributed by atoms with E-state index in [0.717, 1.165) is 0 Å². The predicted molar refractivity (Wildman–Crippen MR) is 131 cm³/mol. The summed E-state index contributed by atoms with van der Waals surface area (Å²) in [4.78, 5) is 64.1. The molecule has 15 nitrogen and oxygen atoms in total. The first-order valence-electron chi connectivity index (χ1n) is 11.6. The van der Waals surface area contributed by atoms with Crippen molar-refractivity contribution in [2.24, 2.45) is 4.58 Å². The van der Waals surface area contributed by atoms with Crippen LogP contribution in [0.2, 0.25) is 0 Å². The van der Waals surface area contributed by atoms with Gasteiger partial charge in [0.1, 0.15) is 31.8 Å². The van der Waals surface area contributed by atoms with Gasteiger partial charge in [0.15, 0.2) is 0 Å². The number of piperidine rings is 1. The molecule has 1 fully saturated rings. The van der Waals surface area contributed by atoms with Gasteiger partial charge in [0, 0.05) is 29.4 Å². The van der Waals surface area contributed by atoms with Crippen LogP contribution in [0.25, 0.3) is 0 Å². The first kappa shape index (κ1) is 32.1. The highest BCUT2D eigenvalue weighted by Gasteiger charge is 2.54. The van der Waals surface area contributed by atoms with Gasteiger partial charge in [-0.05, 0) is 19.1 Å². The van der Waals surface area contributed by atoms with Crippen LogP contribution >= 0.6 is 11.9 Å². The summed E-state index contributed by atoms with van der Waals surface area (Å²) in [5, 5.41) is 30.2. The van der Waals surface area contributed by atoms with Crippen LogP contribution in [0, 0.1) is 4.91 Å². The lowest BCUT2D eigenvalue weighted by atomic mass is 9.88. The smallest absolute Gasteiger partial charge is 0.369 e. The van der Waals surface area contributed by atoms with Crippen molar-refractivity contribution < 1.29 is 57.1 Å². The Kier molecular flexibility index (Phi) is 10.6. The number of esters is 1. The number of carbonyl (C=O) groups excluding carboxylic acids is 3. The molecule has 0 amide bonds. The summed E-state index contributed by atoms with van der Waals surface area (Å²) >= 11 is 0.438. The number of sulfonamides is 1. The van der Waals surface area contributed by atoms with Crippen LogP contribution in [0.15, 0.2) is 39.8 Å². The highest BCUT2D eigenvalue weighted by atomic mass is 32.2. The number of nitroso groups, excluding NO2 is 1. The number of nitrogens with zero attached hydrogens (tertiary/aromatic N) is 2. The van der Waals surface area contributed by atoms with Gasteiger partial charge >= 0.3 is 17.9 Å². The molecule has 2 unspecified atom stereocenters. The van der Waals surface area contributed by atoms with Crippen molar-refractivity contribution >= 4 is 45.8 Å². The van der Waals surface area contributed by atoms with Crippen molar-refractivity contribution in [3.63, 3.8) is 0 Å². The van der Waals surface area contributed by atoms with Crippen LogP contribution in [0.4, 0.5) is 0 Å². The zero-order valence-corrected chi connectivity index (χ0v) is 22.7. The van der Waals surface area contributed by atoms with Crippen molar-refractivity contribution in [2.75, 3.05) is 26.7 Å². The molecule has 0 spiro atoms. The number of aliphatic hydroxyl groups is 1. The number of likely N-dealkylation sites (tertiary alicyclic amines) is 1. The summed E-state index contributed by atoms with van der Waals surface area (Å²) in [5.41, 5.74) is -3.01. The van der Waals surface area contributed by atoms with Gasteiger partial charge in [-0.25, -0.2) is 13.2 Å². The van der Waals surface area contributed by atoms with Gasteiger partial charge in [0.2, 0.25) is 10.0 Å². The summed E-state index contributed by atoms with van der Waals surface area (Å²) in [7, 11) is -2.83. The monoisotopic (exact) mass is 591 g/mol. The number of nitrogens with one attached hydrogen (secondary N) is 1. The number of hydroxylamine groups is 3. The van der Waals surface area contributed by atoms with E-state index in [1.165, 1.54) is 38.2 Å². The van der Waals surface area contributed by atoms with E-state index in [9.17, 15) is 42.7 Å². The second kappa shape index (κ2) is 12.8. The molecule has 0 aliphatic carbocycles. The fourth-order valence-electron chi connectivity index (χ4n) is 4.08. The largest absolute Gasteiger partial charge is 0.547 e. The molecule has 17 heteroatoms. The standard InChI is InChI=1S/C22H29N3O12S2/c1-3-36-19(29)18(23-39(34,35)15-7-5-4-6-8-15)22(38-24-33)9-11-25(2,12-10-22)37-17(28)14-21(32,20(30)31)13-16(26)27/h4-8,18,23,32H,3,9-14H2,1-2H3,(H-,26,27,30,31). The van der Waals surface area contributed by atoms with Crippen LogP contribution in [-0.4, -0.2) is 90.3 Å². The van der Waals surface area contributed by atoms with Gasteiger partial charge in [0.05, 0.1) is 35.1 Å². The number of rotatable bonds is 14. The highest BCUT2D eigenvalue weighted by Crippen LogP contribution is 2.42. The van der Waals surface area contributed by atoms with E-state index in [1.54, 1.807) is 6.07 Å². The van der Waals surface area contributed by atoms with Crippen LogP contribution in [0.5, 0.6) is 0 Å². The van der Waals surface area contributed by atoms with E-state index >= 15 is 0 Å². The first-order chi connectivity index (χ1) is 18.1. The van der Waals surface area contributed by atoms with E-state index in [-0.39, 0.29) is 37.4 Å². The molecule has 2 atom stereocenters. The minimum Gasteiger partial charge on any atom is -0.547 e. The molecule has 1 aliphatic heterocycles. The number of hydrogen-bond acceptors (Lipinski definition) is 13. The topological polar surface area (TPSA) is 226 Å². The van der Waals surface area contributed by atoms with Crippen LogP contribution in [0.3, 0.4) is 0 Å². The Morgan fingerprint density at radius 2 is 1.79 bits per heavy atom. The normalized spacial score (nSPS) is 23.6. The molecule has 0 aromatic heterocycles. The van der Waals surface area contributed by atoms with Crippen molar-refractivity contribution in [1.82, 2.24) is 4.72 Å². The summed E-state index contributed by atoms with van der Waals surface area (Å²) in [6.45, 7) is 1.24. The molecular weight excluding hydrogens is 562 g/mol. The number of carboxylic acids is 2. The third kappa shape index (κ3) is 8.18. The third-order valence-corrected chi connectivity index (χ3v) is 8.71. The molecule has 0 saturated carbocycles. The van der Waals surface area contributed by atoms with E-state index < -0.39 is 67.8 Å². The summed E-state index contributed by atoms with van der Waals surface area (Å²) in [6, 6.07) is 5.65. The van der Waals surface area contributed by atoms with Crippen molar-refractivity contribution in [1.29, 1.82) is 0 Å². The Hall–Kier alpha value is -3.12. The molecule has 39 heavy (non-hydrogen) atoms. The van der Waals surface area contributed by atoms with Crippen molar-refractivity contribution in [3.8, 4) is 0 Å². The molecule has 1 aliphatic rings. The lowest BCUT2D eigenvalue weighted by Gasteiger charge is -2.44. The van der Waals surface area contributed by atoms with Gasteiger partial charge in [-0.2, -0.15) is 4.72 Å². The SMILES string of the molecule is CCOC(=O)C(NS(=O)(=O)c1ccccc1)C1(SN=O)CC[N+](C)(OC(=O)CC(O)(CC(=O)O)C(=O)[O-])CC1.